The molecule has 1 N–H and O–H groups in total. The van der Waals surface area contributed by atoms with Crippen LogP contribution >= 0.6 is 11.8 Å². The van der Waals surface area contributed by atoms with Gasteiger partial charge in [0.15, 0.2) is 11.5 Å². The van der Waals surface area contributed by atoms with Crippen molar-refractivity contribution in [1.29, 1.82) is 0 Å². The molecule has 1 aromatic carbocycles. The summed E-state index contributed by atoms with van der Waals surface area (Å²) >= 11 is 1.69. The smallest absolute Gasteiger partial charge is 0.175 e. The molecule has 98 valence electrons. The second kappa shape index (κ2) is 5.38. The van der Waals surface area contributed by atoms with Gasteiger partial charge in [-0.05, 0) is 17.9 Å². The summed E-state index contributed by atoms with van der Waals surface area (Å²) in [6.45, 7) is 3.78. The molecule has 1 atom stereocenters. The van der Waals surface area contributed by atoms with E-state index in [1.165, 1.54) is 5.56 Å². The summed E-state index contributed by atoms with van der Waals surface area (Å²) in [5.74, 6) is 1.72. The van der Waals surface area contributed by atoms with E-state index in [1.807, 2.05) is 6.07 Å². The average molecular weight is 267 g/mol. The number of hydrogen-bond donors (Lipinski definition) is 1. The average Bonchev–Trinajstić information content (AvgIpc) is 2.47. The molecule has 4 nitrogen and oxygen atoms in total. The molecule has 5 heteroatoms. The molecule has 0 saturated carbocycles. The Kier molecular flexibility index (Phi) is 3.63. The standard InChI is InChI=1S/C13H17NO3S/c1-18-13-9(11-8-14-4-5-15-11)2-3-10-12(13)17-7-6-16-10/h2-3,11,14H,4-8H2,1H3. The maximum atomic E-state index is 5.83. The molecule has 0 aromatic heterocycles. The first-order chi connectivity index (χ1) is 8.90. The second-order valence-corrected chi connectivity index (χ2v) is 5.09. The van der Waals surface area contributed by atoms with E-state index in [4.69, 9.17) is 14.2 Å². The summed E-state index contributed by atoms with van der Waals surface area (Å²) in [5.41, 5.74) is 1.19. The van der Waals surface area contributed by atoms with Gasteiger partial charge in [0.05, 0.1) is 17.6 Å². The quantitative estimate of drug-likeness (QED) is 0.828. The Morgan fingerprint density at radius 2 is 2.11 bits per heavy atom. The minimum Gasteiger partial charge on any atom is -0.486 e. The molecule has 18 heavy (non-hydrogen) atoms. The third kappa shape index (κ3) is 2.18. The van der Waals surface area contributed by atoms with E-state index in [-0.39, 0.29) is 6.10 Å². The molecule has 2 aliphatic rings. The van der Waals surface area contributed by atoms with Crippen molar-refractivity contribution in [3.05, 3.63) is 17.7 Å². The Hall–Kier alpha value is -0.910. The zero-order valence-corrected chi connectivity index (χ0v) is 11.2. The zero-order valence-electron chi connectivity index (χ0n) is 10.4. The summed E-state index contributed by atoms with van der Waals surface area (Å²) < 4.78 is 17.2. The molecule has 0 bridgehead atoms. The van der Waals surface area contributed by atoms with Gasteiger partial charge < -0.3 is 19.5 Å². The lowest BCUT2D eigenvalue weighted by Crippen LogP contribution is -2.33. The number of benzene rings is 1. The van der Waals surface area contributed by atoms with Gasteiger partial charge in [0.25, 0.3) is 0 Å². The molecular weight excluding hydrogens is 250 g/mol. The lowest BCUT2D eigenvalue weighted by Gasteiger charge is -2.28. The van der Waals surface area contributed by atoms with Crippen LogP contribution in [0.5, 0.6) is 11.5 Å². The number of morpholine rings is 1. The van der Waals surface area contributed by atoms with Crippen LogP contribution in [0.1, 0.15) is 11.7 Å². The Morgan fingerprint density at radius 1 is 1.22 bits per heavy atom. The maximum Gasteiger partial charge on any atom is 0.175 e. The molecule has 0 aliphatic carbocycles. The summed E-state index contributed by atoms with van der Waals surface area (Å²) in [5, 5.41) is 3.36. The topological polar surface area (TPSA) is 39.7 Å². The van der Waals surface area contributed by atoms with Crippen molar-refractivity contribution in [2.75, 3.05) is 39.2 Å². The molecule has 0 amide bonds. The first-order valence-corrected chi connectivity index (χ1v) is 7.41. The highest BCUT2D eigenvalue weighted by Crippen LogP contribution is 2.43. The van der Waals surface area contributed by atoms with Gasteiger partial charge in [-0.3, -0.25) is 0 Å². The predicted octanol–water partition coefficient (Wildman–Crippen LogP) is 1.84. The van der Waals surface area contributed by atoms with Gasteiger partial charge in [-0.15, -0.1) is 11.8 Å². The fourth-order valence-electron chi connectivity index (χ4n) is 2.33. The minimum atomic E-state index is 0.108. The van der Waals surface area contributed by atoms with Gasteiger partial charge in [0.1, 0.15) is 13.2 Å². The van der Waals surface area contributed by atoms with E-state index >= 15 is 0 Å². The highest BCUT2D eigenvalue weighted by molar-refractivity contribution is 7.98. The fourth-order valence-corrected chi connectivity index (χ4v) is 3.11. The van der Waals surface area contributed by atoms with Crippen molar-refractivity contribution >= 4 is 11.8 Å². The molecule has 3 rings (SSSR count). The number of nitrogens with one attached hydrogen (secondary N) is 1. The fraction of sp³-hybridized carbons (Fsp3) is 0.538. The molecule has 1 fully saturated rings. The number of thioether (sulfide) groups is 1. The van der Waals surface area contributed by atoms with E-state index in [1.54, 1.807) is 11.8 Å². The predicted molar refractivity (Wildman–Crippen MR) is 70.8 cm³/mol. The highest BCUT2D eigenvalue weighted by Gasteiger charge is 2.24. The third-order valence-corrected chi connectivity index (χ3v) is 4.00. The number of ether oxygens (including phenoxy) is 3. The Morgan fingerprint density at radius 3 is 2.89 bits per heavy atom. The third-order valence-electron chi connectivity index (χ3n) is 3.17. The van der Waals surface area contributed by atoms with Crippen molar-refractivity contribution in [3.63, 3.8) is 0 Å². The van der Waals surface area contributed by atoms with Gasteiger partial charge in [0.2, 0.25) is 0 Å². The molecule has 1 unspecified atom stereocenters. The van der Waals surface area contributed by atoms with Gasteiger partial charge in [-0.25, -0.2) is 0 Å². The number of fused-ring (bicyclic) bond motifs is 1. The van der Waals surface area contributed by atoms with Gasteiger partial charge in [-0.1, -0.05) is 6.07 Å². The normalized spacial score (nSPS) is 22.8. The highest BCUT2D eigenvalue weighted by atomic mass is 32.2. The lowest BCUT2D eigenvalue weighted by atomic mass is 10.1. The van der Waals surface area contributed by atoms with E-state index in [0.717, 1.165) is 36.1 Å². The first kappa shape index (κ1) is 12.1. The van der Waals surface area contributed by atoms with Gasteiger partial charge >= 0.3 is 0 Å². The number of hydrogen-bond acceptors (Lipinski definition) is 5. The first-order valence-electron chi connectivity index (χ1n) is 6.19. The molecule has 2 heterocycles. The van der Waals surface area contributed by atoms with Crippen LogP contribution < -0.4 is 14.8 Å². The monoisotopic (exact) mass is 267 g/mol. The molecule has 1 aromatic rings. The Labute approximate surface area is 111 Å². The van der Waals surface area contributed by atoms with Crippen LogP contribution in [0.2, 0.25) is 0 Å². The maximum absolute atomic E-state index is 5.83. The molecular formula is C13H17NO3S. The van der Waals surface area contributed by atoms with Crippen LogP contribution in [-0.4, -0.2) is 39.2 Å². The van der Waals surface area contributed by atoms with Crippen molar-refractivity contribution in [1.82, 2.24) is 5.32 Å². The van der Waals surface area contributed by atoms with Crippen LogP contribution in [0.15, 0.2) is 17.0 Å². The molecule has 0 radical (unpaired) electrons. The summed E-state index contributed by atoms with van der Waals surface area (Å²) in [4.78, 5) is 1.14. The minimum absolute atomic E-state index is 0.108. The van der Waals surface area contributed by atoms with Crippen LogP contribution in [-0.2, 0) is 4.74 Å². The van der Waals surface area contributed by atoms with Crippen LogP contribution in [0.3, 0.4) is 0 Å². The van der Waals surface area contributed by atoms with Crippen molar-refractivity contribution in [2.45, 2.75) is 11.0 Å². The van der Waals surface area contributed by atoms with E-state index in [0.29, 0.717) is 13.2 Å². The van der Waals surface area contributed by atoms with Gasteiger partial charge in [-0.2, -0.15) is 0 Å². The summed E-state index contributed by atoms with van der Waals surface area (Å²) in [7, 11) is 0. The van der Waals surface area contributed by atoms with Crippen LogP contribution in [0, 0.1) is 0 Å². The van der Waals surface area contributed by atoms with Crippen molar-refractivity contribution in [2.24, 2.45) is 0 Å². The van der Waals surface area contributed by atoms with Gasteiger partial charge in [0, 0.05) is 13.1 Å². The Bertz CT molecular complexity index is 432. The second-order valence-electron chi connectivity index (χ2n) is 4.28. The van der Waals surface area contributed by atoms with E-state index < -0.39 is 0 Å². The lowest BCUT2D eigenvalue weighted by molar-refractivity contribution is 0.0255. The SMILES string of the molecule is CSc1c(C2CNCCO2)ccc2c1OCCO2. The number of rotatable bonds is 2. The summed E-state index contributed by atoms with van der Waals surface area (Å²) in [6.07, 6.45) is 2.17. The van der Waals surface area contributed by atoms with E-state index in [9.17, 15) is 0 Å². The summed E-state index contributed by atoms with van der Waals surface area (Å²) in [6, 6.07) is 4.08. The zero-order chi connectivity index (χ0) is 12.4. The molecule has 0 spiro atoms. The van der Waals surface area contributed by atoms with Crippen molar-refractivity contribution in [3.8, 4) is 11.5 Å². The Balaban J connectivity index is 1.98. The van der Waals surface area contributed by atoms with Crippen LogP contribution in [0.4, 0.5) is 0 Å². The molecule has 1 saturated heterocycles. The van der Waals surface area contributed by atoms with Crippen LogP contribution in [0.25, 0.3) is 0 Å². The largest absolute Gasteiger partial charge is 0.486 e. The van der Waals surface area contributed by atoms with Crippen molar-refractivity contribution < 1.29 is 14.2 Å². The molecule has 2 aliphatic heterocycles. The van der Waals surface area contributed by atoms with E-state index in [2.05, 4.69) is 17.6 Å².